The highest BCUT2D eigenvalue weighted by Gasteiger charge is 2.58. The second-order valence-electron chi connectivity index (χ2n) is 9.84. The smallest absolute Gasteiger partial charge is 0.414 e. The Morgan fingerprint density at radius 2 is 1.79 bits per heavy atom. The number of likely N-dealkylation sites (N-methyl/N-ethyl adjacent to an activating group) is 1. The van der Waals surface area contributed by atoms with Gasteiger partial charge in [-0.1, -0.05) is 48.5 Å². The van der Waals surface area contributed by atoms with Gasteiger partial charge in [-0.2, -0.15) is 0 Å². The van der Waals surface area contributed by atoms with Crippen molar-refractivity contribution < 1.29 is 29.7 Å². The fourth-order valence-electron chi connectivity index (χ4n) is 5.11. The van der Waals surface area contributed by atoms with Crippen LogP contribution < -0.4 is 0 Å². The molecule has 8 heteroatoms. The van der Waals surface area contributed by atoms with Crippen LogP contribution in [0.5, 0.6) is 0 Å². The number of oxime groups is 1. The molecule has 0 unspecified atom stereocenters. The Morgan fingerprint density at radius 3 is 2.38 bits per heavy atom. The summed E-state index contributed by atoms with van der Waals surface area (Å²) in [4.78, 5) is 25.6. The van der Waals surface area contributed by atoms with Crippen LogP contribution in [-0.2, 0) is 14.4 Å². The number of hydrogen-bond acceptors (Lipinski definition) is 6. The van der Waals surface area contributed by atoms with Gasteiger partial charge in [-0.05, 0) is 76.1 Å². The molecular weight excluding hydrogens is 436 g/mol. The summed E-state index contributed by atoms with van der Waals surface area (Å²) in [5.74, 6) is -2.79. The van der Waals surface area contributed by atoms with Crippen molar-refractivity contribution >= 4 is 18.2 Å². The minimum atomic E-state index is -1.82. The molecule has 0 bridgehead atoms. The molecule has 2 aliphatic carbocycles. The average molecular weight is 475 g/mol. The monoisotopic (exact) mass is 474 g/mol. The van der Waals surface area contributed by atoms with Gasteiger partial charge in [-0.3, -0.25) is 0 Å². The van der Waals surface area contributed by atoms with Crippen LogP contribution in [0.15, 0.2) is 47.1 Å². The summed E-state index contributed by atoms with van der Waals surface area (Å²) in [5, 5.41) is 30.5. The first kappa shape index (κ1) is 27.5. The van der Waals surface area contributed by atoms with E-state index in [0.717, 1.165) is 44.2 Å². The van der Waals surface area contributed by atoms with E-state index < -0.39 is 17.5 Å². The van der Waals surface area contributed by atoms with Gasteiger partial charge in [0.05, 0.1) is 11.8 Å². The fraction of sp³-hybridized carbons (Fsp3) is 0.577. The number of aliphatic hydroxyl groups is 1. The lowest BCUT2D eigenvalue weighted by molar-refractivity contribution is -0.159. The molecule has 188 valence electrons. The lowest BCUT2D eigenvalue weighted by Crippen LogP contribution is -2.49. The lowest BCUT2D eigenvalue weighted by atomic mass is 9.59. The maximum atomic E-state index is 11.6. The molecule has 0 spiro atoms. The van der Waals surface area contributed by atoms with E-state index in [9.17, 15) is 5.11 Å². The SMILES string of the molecule is CC(/C=N/OCCN(C)C)=C\[C@H]1CC[C@]2(O)C[C@@H](c3ccccc3)CC[C@]12C.O=C(O)C(=O)O. The molecule has 1 aromatic rings. The van der Waals surface area contributed by atoms with Crippen molar-refractivity contribution in [1.82, 2.24) is 4.90 Å². The number of carboxylic acids is 2. The molecule has 1 aromatic carbocycles. The number of rotatable bonds is 7. The van der Waals surface area contributed by atoms with Gasteiger partial charge in [0.2, 0.25) is 0 Å². The van der Waals surface area contributed by atoms with Crippen LogP contribution in [0.3, 0.4) is 0 Å². The molecule has 0 heterocycles. The van der Waals surface area contributed by atoms with Gasteiger partial charge in [0.15, 0.2) is 0 Å². The third kappa shape index (κ3) is 7.14. The topological polar surface area (TPSA) is 120 Å². The molecule has 3 N–H and O–H groups in total. The first-order valence-electron chi connectivity index (χ1n) is 11.7. The minimum absolute atomic E-state index is 0.0564. The second-order valence-corrected chi connectivity index (χ2v) is 9.84. The van der Waals surface area contributed by atoms with E-state index in [1.165, 1.54) is 5.56 Å². The van der Waals surface area contributed by atoms with Crippen molar-refractivity contribution in [2.45, 2.75) is 57.5 Å². The van der Waals surface area contributed by atoms with Crippen LogP contribution in [0.4, 0.5) is 0 Å². The van der Waals surface area contributed by atoms with Gasteiger partial charge < -0.3 is 25.1 Å². The van der Waals surface area contributed by atoms with Crippen LogP contribution in [0.25, 0.3) is 0 Å². The number of hydrogen-bond donors (Lipinski definition) is 3. The highest BCUT2D eigenvalue weighted by Crippen LogP contribution is 2.61. The summed E-state index contributed by atoms with van der Waals surface area (Å²) in [5.41, 5.74) is 1.85. The highest BCUT2D eigenvalue weighted by atomic mass is 16.6. The van der Waals surface area contributed by atoms with Crippen LogP contribution >= 0.6 is 0 Å². The van der Waals surface area contributed by atoms with E-state index in [1.54, 1.807) is 0 Å². The van der Waals surface area contributed by atoms with Crippen molar-refractivity contribution in [2.24, 2.45) is 16.5 Å². The molecule has 0 amide bonds. The molecule has 0 aliphatic heterocycles. The molecule has 8 nitrogen and oxygen atoms in total. The predicted octanol–water partition coefficient (Wildman–Crippen LogP) is 3.77. The van der Waals surface area contributed by atoms with Crippen molar-refractivity contribution in [1.29, 1.82) is 0 Å². The Hall–Kier alpha value is -2.71. The molecule has 4 atom stereocenters. The summed E-state index contributed by atoms with van der Waals surface area (Å²) in [6.45, 7) is 5.82. The lowest BCUT2D eigenvalue weighted by Gasteiger charge is -2.49. The molecule has 2 aliphatic rings. The zero-order valence-electron chi connectivity index (χ0n) is 20.6. The highest BCUT2D eigenvalue weighted by molar-refractivity contribution is 6.27. The standard InChI is InChI=1S/C24H36N2O2.C2H2O4/c1-19(18-25-28-15-14-26(3)4)16-22-11-13-24(27)17-21(10-12-23(22,24)2)20-8-6-5-7-9-20;3-1(4)2(5)6/h5-9,16,18,21-22,27H,10-15,17H2,1-4H3;(H,3,4)(H,5,6)/b19-16+,25-18+;/t21-,22+,23+,24-;/m0./s1. The molecule has 3 rings (SSSR count). The number of allylic oxidation sites excluding steroid dienone is 2. The summed E-state index contributed by atoms with van der Waals surface area (Å²) in [7, 11) is 4.04. The first-order chi connectivity index (χ1) is 16.0. The van der Waals surface area contributed by atoms with Crippen LogP contribution in [0.1, 0.15) is 57.4 Å². The van der Waals surface area contributed by atoms with Crippen molar-refractivity contribution in [2.75, 3.05) is 27.2 Å². The van der Waals surface area contributed by atoms with E-state index >= 15 is 0 Å². The van der Waals surface area contributed by atoms with Gasteiger partial charge in [-0.25, -0.2) is 9.59 Å². The largest absolute Gasteiger partial charge is 0.473 e. The summed E-state index contributed by atoms with van der Waals surface area (Å²) < 4.78 is 0. The predicted molar refractivity (Wildman–Crippen MR) is 131 cm³/mol. The van der Waals surface area contributed by atoms with Crippen LogP contribution in [-0.4, -0.2) is 71.2 Å². The summed E-state index contributed by atoms with van der Waals surface area (Å²) in [6.07, 6.45) is 9.13. The molecule has 2 fully saturated rings. The molecule has 2 saturated carbocycles. The van der Waals surface area contributed by atoms with E-state index in [1.807, 2.05) is 20.3 Å². The molecule has 0 saturated heterocycles. The molecule has 0 aromatic heterocycles. The third-order valence-corrected chi connectivity index (χ3v) is 7.23. The van der Waals surface area contributed by atoms with E-state index in [4.69, 9.17) is 24.6 Å². The van der Waals surface area contributed by atoms with Crippen molar-refractivity contribution in [3.63, 3.8) is 0 Å². The quantitative estimate of drug-likeness (QED) is 0.238. The fourth-order valence-corrected chi connectivity index (χ4v) is 5.11. The van der Waals surface area contributed by atoms with Gasteiger partial charge >= 0.3 is 11.9 Å². The van der Waals surface area contributed by atoms with Gasteiger partial charge in [-0.15, -0.1) is 0 Å². The summed E-state index contributed by atoms with van der Waals surface area (Å²) >= 11 is 0. The van der Waals surface area contributed by atoms with Gasteiger partial charge in [0.1, 0.15) is 6.61 Å². The second kappa shape index (κ2) is 12.1. The third-order valence-electron chi connectivity index (χ3n) is 7.23. The number of nitrogens with zero attached hydrogens (tertiary/aromatic N) is 2. The van der Waals surface area contributed by atoms with E-state index in [-0.39, 0.29) is 5.41 Å². The normalized spacial score (nSPS) is 28.8. The Kier molecular flexibility index (Phi) is 9.82. The average Bonchev–Trinajstić information content (AvgIpc) is 3.04. The Balaban J connectivity index is 0.000000604. The molecular formula is C26H38N2O6. The zero-order chi connectivity index (χ0) is 25.4. The van der Waals surface area contributed by atoms with E-state index in [2.05, 4.69) is 60.3 Å². The number of fused-ring (bicyclic) bond motifs is 1. The Morgan fingerprint density at radius 1 is 1.15 bits per heavy atom. The van der Waals surface area contributed by atoms with E-state index in [0.29, 0.717) is 18.4 Å². The van der Waals surface area contributed by atoms with Gasteiger partial charge in [0, 0.05) is 12.0 Å². The number of carbonyl (C=O) groups is 2. The molecule has 34 heavy (non-hydrogen) atoms. The number of carboxylic acid groups (broad SMARTS) is 2. The molecule has 0 radical (unpaired) electrons. The maximum absolute atomic E-state index is 11.6. The number of benzene rings is 1. The summed E-state index contributed by atoms with van der Waals surface area (Å²) in [6, 6.07) is 10.7. The maximum Gasteiger partial charge on any atom is 0.414 e. The van der Waals surface area contributed by atoms with Crippen LogP contribution in [0, 0.1) is 11.3 Å². The zero-order valence-corrected chi connectivity index (χ0v) is 20.6. The van der Waals surface area contributed by atoms with Crippen molar-refractivity contribution in [3.05, 3.63) is 47.5 Å². The minimum Gasteiger partial charge on any atom is -0.473 e. The van der Waals surface area contributed by atoms with Crippen molar-refractivity contribution in [3.8, 4) is 0 Å². The Labute approximate surface area is 201 Å². The van der Waals surface area contributed by atoms with Crippen LogP contribution in [0.2, 0.25) is 0 Å². The number of aliphatic carboxylic acids is 2. The van der Waals surface area contributed by atoms with Gasteiger partial charge in [0.25, 0.3) is 0 Å². The Bertz CT molecular complexity index is 873. The first-order valence-corrected chi connectivity index (χ1v) is 11.7.